The Hall–Kier alpha value is -0.120. The molecule has 0 aromatic carbocycles. The Kier molecular flexibility index (Phi) is 5.03. The Morgan fingerprint density at radius 3 is 2.33 bits per heavy atom. The van der Waals surface area contributed by atoms with E-state index in [1.807, 2.05) is 0 Å². The molecule has 1 rings (SSSR count). The summed E-state index contributed by atoms with van der Waals surface area (Å²) < 4.78 is 5.69. The highest BCUT2D eigenvalue weighted by molar-refractivity contribution is 4.93. The molecule has 90 valence electrons. The van der Waals surface area contributed by atoms with Crippen LogP contribution in [-0.2, 0) is 4.74 Å². The zero-order valence-corrected chi connectivity index (χ0v) is 10.4. The van der Waals surface area contributed by atoms with E-state index in [1.54, 1.807) is 0 Å². The summed E-state index contributed by atoms with van der Waals surface area (Å²) in [6.07, 6.45) is 6.75. The molecule has 1 aliphatic rings. The molecule has 0 spiro atoms. The maximum atomic E-state index is 5.69. The van der Waals surface area contributed by atoms with Gasteiger partial charge in [-0.2, -0.15) is 0 Å². The molecule has 1 unspecified atom stereocenters. The van der Waals surface area contributed by atoms with Gasteiger partial charge in [-0.15, -0.1) is 0 Å². The van der Waals surface area contributed by atoms with Crippen molar-refractivity contribution in [2.24, 2.45) is 11.3 Å². The van der Waals surface area contributed by atoms with Crippen LogP contribution >= 0.6 is 0 Å². The third kappa shape index (κ3) is 3.16. The molecular formula is C12H26N2O. The first-order valence-corrected chi connectivity index (χ1v) is 6.22. The van der Waals surface area contributed by atoms with Gasteiger partial charge in [0.25, 0.3) is 0 Å². The van der Waals surface area contributed by atoms with Gasteiger partial charge in [0.15, 0.2) is 0 Å². The summed E-state index contributed by atoms with van der Waals surface area (Å²) in [4.78, 5) is 0. The standard InChI is InChI=1S/C12H26N2O/c1-4-12(7-5-6-8-12)11(14-13)9-15-10(2)3/h10-11,14H,4-9,13H2,1-3H3. The SMILES string of the molecule is CCC1(C(COC(C)C)NN)CCCC1. The molecule has 3 heteroatoms. The van der Waals surface area contributed by atoms with Gasteiger partial charge in [-0.25, -0.2) is 0 Å². The Bertz CT molecular complexity index is 176. The zero-order chi connectivity index (χ0) is 11.3. The normalized spacial score (nSPS) is 22.2. The molecule has 1 atom stereocenters. The Morgan fingerprint density at radius 1 is 1.33 bits per heavy atom. The van der Waals surface area contributed by atoms with Gasteiger partial charge in [-0.1, -0.05) is 19.8 Å². The molecular weight excluding hydrogens is 188 g/mol. The fourth-order valence-corrected chi connectivity index (χ4v) is 2.72. The quantitative estimate of drug-likeness (QED) is 0.526. The molecule has 0 heterocycles. The van der Waals surface area contributed by atoms with Crippen LogP contribution in [0.25, 0.3) is 0 Å². The van der Waals surface area contributed by atoms with Crippen molar-refractivity contribution in [3.05, 3.63) is 0 Å². The van der Waals surface area contributed by atoms with Crippen LogP contribution in [0.4, 0.5) is 0 Å². The van der Waals surface area contributed by atoms with Crippen LogP contribution < -0.4 is 11.3 Å². The van der Waals surface area contributed by atoms with Crippen molar-refractivity contribution in [2.45, 2.75) is 65.0 Å². The van der Waals surface area contributed by atoms with Crippen molar-refractivity contribution >= 4 is 0 Å². The second-order valence-corrected chi connectivity index (χ2v) is 5.02. The van der Waals surface area contributed by atoms with E-state index < -0.39 is 0 Å². The van der Waals surface area contributed by atoms with Gasteiger partial charge in [-0.3, -0.25) is 11.3 Å². The van der Waals surface area contributed by atoms with E-state index in [0.717, 1.165) is 6.61 Å². The van der Waals surface area contributed by atoms with Crippen LogP contribution in [0.2, 0.25) is 0 Å². The lowest BCUT2D eigenvalue weighted by atomic mass is 9.77. The molecule has 1 fully saturated rings. The number of hydrogen-bond acceptors (Lipinski definition) is 3. The molecule has 0 saturated heterocycles. The lowest BCUT2D eigenvalue weighted by molar-refractivity contribution is 0.0223. The predicted molar refractivity (Wildman–Crippen MR) is 63.4 cm³/mol. The van der Waals surface area contributed by atoms with E-state index in [-0.39, 0.29) is 6.10 Å². The third-order valence-electron chi connectivity index (χ3n) is 3.84. The van der Waals surface area contributed by atoms with Gasteiger partial charge in [0.2, 0.25) is 0 Å². The molecule has 1 saturated carbocycles. The van der Waals surface area contributed by atoms with Crippen LogP contribution in [0.15, 0.2) is 0 Å². The van der Waals surface area contributed by atoms with Gasteiger partial charge >= 0.3 is 0 Å². The average molecular weight is 214 g/mol. The summed E-state index contributed by atoms with van der Waals surface area (Å²) in [5.74, 6) is 5.67. The molecule has 0 amide bonds. The first kappa shape index (κ1) is 12.9. The van der Waals surface area contributed by atoms with Crippen LogP contribution in [0, 0.1) is 5.41 Å². The van der Waals surface area contributed by atoms with Crippen LogP contribution in [0.5, 0.6) is 0 Å². The van der Waals surface area contributed by atoms with Crippen molar-refractivity contribution in [3.63, 3.8) is 0 Å². The number of nitrogens with two attached hydrogens (primary N) is 1. The minimum absolute atomic E-state index is 0.288. The summed E-state index contributed by atoms with van der Waals surface area (Å²) in [5, 5.41) is 0. The summed E-state index contributed by atoms with van der Waals surface area (Å²) in [6, 6.07) is 0.312. The van der Waals surface area contributed by atoms with Crippen LogP contribution in [0.1, 0.15) is 52.9 Å². The van der Waals surface area contributed by atoms with E-state index >= 15 is 0 Å². The third-order valence-corrected chi connectivity index (χ3v) is 3.84. The second-order valence-electron chi connectivity index (χ2n) is 5.02. The minimum Gasteiger partial charge on any atom is -0.377 e. The molecule has 3 nitrogen and oxygen atoms in total. The first-order chi connectivity index (χ1) is 7.14. The smallest absolute Gasteiger partial charge is 0.0642 e. The second kappa shape index (κ2) is 5.83. The summed E-state index contributed by atoms with van der Waals surface area (Å²) in [6.45, 7) is 7.15. The molecule has 3 N–H and O–H groups in total. The molecule has 15 heavy (non-hydrogen) atoms. The predicted octanol–water partition coefficient (Wildman–Crippen LogP) is 2.21. The first-order valence-electron chi connectivity index (χ1n) is 6.22. The van der Waals surface area contributed by atoms with Gasteiger partial charge in [0.05, 0.1) is 18.8 Å². The molecule has 1 aliphatic carbocycles. The monoisotopic (exact) mass is 214 g/mol. The average Bonchev–Trinajstić information content (AvgIpc) is 2.68. The fraction of sp³-hybridized carbons (Fsp3) is 1.00. The fourth-order valence-electron chi connectivity index (χ4n) is 2.72. The van der Waals surface area contributed by atoms with Gasteiger partial charge in [0, 0.05) is 0 Å². The highest BCUT2D eigenvalue weighted by atomic mass is 16.5. The number of ether oxygens (including phenoxy) is 1. The Labute approximate surface area is 93.7 Å². The lowest BCUT2D eigenvalue weighted by Gasteiger charge is -2.36. The Balaban J connectivity index is 2.54. The summed E-state index contributed by atoms with van der Waals surface area (Å²) in [5.41, 5.74) is 3.34. The lowest BCUT2D eigenvalue weighted by Crippen LogP contribution is -2.50. The summed E-state index contributed by atoms with van der Waals surface area (Å²) >= 11 is 0. The highest BCUT2D eigenvalue weighted by Gasteiger charge is 2.39. The molecule has 0 aliphatic heterocycles. The van der Waals surface area contributed by atoms with Crippen molar-refractivity contribution < 1.29 is 4.74 Å². The number of hydrogen-bond donors (Lipinski definition) is 2. The van der Waals surface area contributed by atoms with Gasteiger partial charge < -0.3 is 4.74 Å². The van der Waals surface area contributed by atoms with E-state index in [4.69, 9.17) is 10.6 Å². The number of hydrazine groups is 1. The summed E-state index contributed by atoms with van der Waals surface area (Å²) in [7, 11) is 0. The number of rotatable bonds is 6. The highest BCUT2D eigenvalue weighted by Crippen LogP contribution is 2.43. The van der Waals surface area contributed by atoms with Gasteiger partial charge in [-0.05, 0) is 38.5 Å². The molecule has 0 aromatic heterocycles. The zero-order valence-electron chi connectivity index (χ0n) is 10.4. The topological polar surface area (TPSA) is 47.3 Å². The van der Waals surface area contributed by atoms with E-state index in [1.165, 1.54) is 32.1 Å². The van der Waals surface area contributed by atoms with E-state index in [2.05, 4.69) is 26.2 Å². The van der Waals surface area contributed by atoms with Crippen LogP contribution in [-0.4, -0.2) is 18.8 Å². The van der Waals surface area contributed by atoms with Crippen molar-refractivity contribution in [2.75, 3.05) is 6.61 Å². The minimum atomic E-state index is 0.288. The van der Waals surface area contributed by atoms with Crippen molar-refractivity contribution in [1.82, 2.24) is 5.43 Å². The molecule has 0 aromatic rings. The Morgan fingerprint density at radius 2 is 1.93 bits per heavy atom. The van der Waals surface area contributed by atoms with Crippen molar-refractivity contribution in [3.8, 4) is 0 Å². The van der Waals surface area contributed by atoms with E-state index in [9.17, 15) is 0 Å². The van der Waals surface area contributed by atoms with Gasteiger partial charge in [0.1, 0.15) is 0 Å². The van der Waals surface area contributed by atoms with Crippen LogP contribution in [0.3, 0.4) is 0 Å². The van der Waals surface area contributed by atoms with Crippen molar-refractivity contribution in [1.29, 1.82) is 0 Å². The molecule has 0 bridgehead atoms. The number of nitrogens with one attached hydrogen (secondary N) is 1. The van der Waals surface area contributed by atoms with E-state index in [0.29, 0.717) is 11.5 Å². The largest absolute Gasteiger partial charge is 0.377 e. The molecule has 0 radical (unpaired) electrons. The maximum absolute atomic E-state index is 5.69. The maximum Gasteiger partial charge on any atom is 0.0642 e.